The first-order valence-electron chi connectivity index (χ1n) is 4.95. The van der Waals surface area contributed by atoms with E-state index in [9.17, 15) is 0 Å². The lowest BCUT2D eigenvalue weighted by Crippen LogP contribution is -2.39. The minimum Gasteiger partial charge on any atom is -0.395 e. The van der Waals surface area contributed by atoms with Gasteiger partial charge in [0.2, 0.25) is 0 Å². The summed E-state index contributed by atoms with van der Waals surface area (Å²) in [4.78, 5) is 1.94. The number of likely N-dealkylation sites (N-methyl/N-ethyl adjacent to an activating group) is 1. The van der Waals surface area contributed by atoms with Gasteiger partial charge in [0.15, 0.2) is 0 Å². The van der Waals surface area contributed by atoms with Crippen molar-refractivity contribution in [3.05, 3.63) is 33.8 Å². The summed E-state index contributed by atoms with van der Waals surface area (Å²) >= 11 is 11.8. The standard InChI is InChI=1S/C11H16Cl2N2O/c1-15(2)11(10(14)6-16)7-3-4-8(12)9(13)5-7/h3-5,10-11,16H,6,14H2,1-2H3. The fourth-order valence-corrected chi connectivity index (χ4v) is 2.03. The third-order valence-corrected chi connectivity index (χ3v) is 3.20. The first-order chi connectivity index (χ1) is 7.47. The van der Waals surface area contributed by atoms with E-state index in [0.29, 0.717) is 10.0 Å². The summed E-state index contributed by atoms with van der Waals surface area (Å²) in [6.07, 6.45) is 0. The van der Waals surface area contributed by atoms with E-state index >= 15 is 0 Å². The highest BCUT2D eigenvalue weighted by Crippen LogP contribution is 2.28. The van der Waals surface area contributed by atoms with Crippen molar-refractivity contribution >= 4 is 23.2 Å². The molecule has 0 aliphatic carbocycles. The Morgan fingerprint density at radius 2 is 1.94 bits per heavy atom. The van der Waals surface area contributed by atoms with Crippen LogP contribution in [0, 0.1) is 0 Å². The first-order valence-corrected chi connectivity index (χ1v) is 5.70. The molecule has 0 saturated heterocycles. The van der Waals surface area contributed by atoms with Gasteiger partial charge < -0.3 is 15.7 Å². The van der Waals surface area contributed by atoms with Crippen molar-refractivity contribution in [3.8, 4) is 0 Å². The van der Waals surface area contributed by atoms with Crippen LogP contribution in [-0.2, 0) is 0 Å². The molecule has 0 fully saturated rings. The molecule has 0 heterocycles. The van der Waals surface area contributed by atoms with Crippen LogP contribution in [-0.4, -0.2) is 36.8 Å². The molecule has 1 aromatic carbocycles. The summed E-state index contributed by atoms with van der Waals surface area (Å²) in [6.45, 7) is -0.0803. The molecule has 2 unspecified atom stereocenters. The molecule has 0 aromatic heterocycles. The van der Waals surface area contributed by atoms with E-state index in [0.717, 1.165) is 5.56 Å². The van der Waals surface area contributed by atoms with Gasteiger partial charge in [0.1, 0.15) is 0 Å². The minimum absolute atomic E-state index is 0.0803. The molecule has 0 saturated carbocycles. The number of rotatable bonds is 4. The largest absolute Gasteiger partial charge is 0.395 e. The van der Waals surface area contributed by atoms with Crippen LogP contribution in [0.1, 0.15) is 11.6 Å². The number of nitrogens with zero attached hydrogens (tertiary/aromatic N) is 1. The molecule has 0 spiro atoms. The molecule has 2 atom stereocenters. The van der Waals surface area contributed by atoms with Crippen molar-refractivity contribution in [1.82, 2.24) is 4.90 Å². The lowest BCUT2D eigenvalue weighted by Gasteiger charge is -2.29. The fraction of sp³-hybridized carbons (Fsp3) is 0.455. The van der Waals surface area contributed by atoms with Crippen LogP contribution in [0.25, 0.3) is 0 Å². The zero-order valence-electron chi connectivity index (χ0n) is 9.32. The second-order valence-electron chi connectivity index (χ2n) is 3.93. The van der Waals surface area contributed by atoms with Crippen LogP contribution < -0.4 is 5.73 Å². The average molecular weight is 263 g/mol. The summed E-state index contributed by atoms with van der Waals surface area (Å²) < 4.78 is 0. The highest BCUT2D eigenvalue weighted by molar-refractivity contribution is 6.42. The smallest absolute Gasteiger partial charge is 0.0601 e. The van der Waals surface area contributed by atoms with E-state index < -0.39 is 0 Å². The van der Waals surface area contributed by atoms with E-state index in [1.54, 1.807) is 12.1 Å². The second kappa shape index (κ2) is 5.84. The van der Waals surface area contributed by atoms with Crippen LogP contribution in [0.3, 0.4) is 0 Å². The predicted molar refractivity (Wildman–Crippen MR) is 68.0 cm³/mol. The molecule has 1 rings (SSSR count). The monoisotopic (exact) mass is 262 g/mol. The average Bonchev–Trinajstić information content (AvgIpc) is 2.22. The van der Waals surface area contributed by atoms with Crippen molar-refractivity contribution in [3.63, 3.8) is 0 Å². The van der Waals surface area contributed by atoms with Crippen molar-refractivity contribution < 1.29 is 5.11 Å². The quantitative estimate of drug-likeness (QED) is 0.872. The fourth-order valence-electron chi connectivity index (χ4n) is 1.72. The molecule has 3 N–H and O–H groups in total. The molecule has 0 amide bonds. The maximum absolute atomic E-state index is 9.13. The molecule has 0 aliphatic rings. The Labute approximate surface area is 106 Å². The molecule has 5 heteroatoms. The van der Waals surface area contributed by atoms with Gasteiger partial charge in [-0.1, -0.05) is 29.3 Å². The van der Waals surface area contributed by atoms with Gasteiger partial charge in [-0.25, -0.2) is 0 Å². The van der Waals surface area contributed by atoms with Gasteiger partial charge in [0, 0.05) is 6.04 Å². The van der Waals surface area contributed by atoms with Crippen molar-refractivity contribution in [1.29, 1.82) is 0 Å². The number of halogens is 2. The molecule has 3 nitrogen and oxygen atoms in total. The molecular formula is C11H16Cl2N2O. The minimum atomic E-state index is -0.354. The van der Waals surface area contributed by atoms with E-state index in [2.05, 4.69) is 0 Å². The Morgan fingerprint density at radius 3 is 2.38 bits per heavy atom. The maximum atomic E-state index is 9.13. The summed E-state index contributed by atoms with van der Waals surface area (Å²) in [7, 11) is 3.81. The van der Waals surface area contributed by atoms with Crippen molar-refractivity contribution in [2.75, 3.05) is 20.7 Å². The second-order valence-corrected chi connectivity index (χ2v) is 4.74. The van der Waals surface area contributed by atoms with Gasteiger partial charge in [-0.2, -0.15) is 0 Å². The lowest BCUT2D eigenvalue weighted by atomic mass is 9.99. The summed E-state index contributed by atoms with van der Waals surface area (Å²) in [6, 6.07) is 4.95. The van der Waals surface area contributed by atoms with E-state index in [1.807, 2.05) is 25.1 Å². The Bertz CT molecular complexity index is 358. The Kier molecular flexibility index (Phi) is 5.02. The third kappa shape index (κ3) is 3.09. The molecule has 1 aromatic rings. The highest BCUT2D eigenvalue weighted by atomic mass is 35.5. The predicted octanol–water partition coefficient (Wildman–Crippen LogP) is 1.92. The normalized spacial score (nSPS) is 15.2. The van der Waals surface area contributed by atoms with Gasteiger partial charge in [-0.3, -0.25) is 0 Å². The molecule has 0 bridgehead atoms. The first kappa shape index (κ1) is 13.7. The van der Waals surface area contributed by atoms with Crippen LogP contribution in [0.2, 0.25) is 10.0 Å². The molecule has 16 heavy (non-hydrogen) atoms. The summed E-state index contributed by atoms with van der Waals surface area (Å²) in [5, 5.41) is 10.1. The molecule has 0 aliphatic heterocycles. The maximum Gasteiger partial charge on any atom is 0.0601 e. The number of aliphatic hydroxyl groups is 1. The number of aliphatic hydroxyl groups excluding tert-OH is 1. The van der Waals surface area contributed by atoms with Gasteiger partial charge in [-0.05, 0) is 31.8 Å². The van der Waals surface area contributed by atoms with Gasteiger partial charge >= 0.3 is 0 Å². The van der Waals surface area contributed by atoms with Crippen LogP contribution >= 0.6 is 23.2 Å². The summed E-state index contributed by atoms with van der Waals surface area (Å²) in [5.41, 5.74) is 6.82. The number of benzene rings is 1. The van der Waals surface area contributed by atoms with Gasteiger partial charge in [0.05, 0.1) is 22.7 Å². The van der Waals surface area contributed by atoms with Crippen LogP contribution in [0.5, 0.6) is 0 Å². The zero-order chi connectivity index (χ0) is 12.3. The van der Waals surface area contributed by atoms with Gasteiger partial charge in [0.25, 0.3) is 0 Å². The van der Waals surface area contributed by atoms with E-state index in [1.165, 1.54) is 0 Å². The third-order valence-electron chi connectivity index (χ3n) is 2.46. The van der Waals surface area contributed by atoms with E-state index in [4.69, 9.17) is 34.0 Å². The Balaban J connectivity index is 3.06. The SMILES string of the molecule is CN(C)C(c1ccc(Cl)c(Cl)c1)C(N)CO. The van der Waals surface area contributed by atoms with Gasteiger partial charge in [-0.15, -0.1) is 0 Å². The van der Waals surface area contributed by atoms with Crippen LogP contribution in [0.15, 0.2) is 18.2 Å². The molecule has 90 valence electrons. The lowest BCUT2D eigenvalue weighted by molar-refractivity contribution is 0.181. The summed E-state index contributed by atoms with van der Waals surface area (Å²) in [5.74, 6) is 0. The Morgan fingerprint density at radius 1 is 1.31 bits per heavy atom. The number of nitrogens with two attached hydrogens (primary N) is 1. The van der Waals surface area contributed by atoms with Crippen molar-refractivity contribution in [2.45, 2.75) is 12.1 Å². The van der Waals surface area contributed by atoms with Crippen molar-refractivity contribution in [2.24, 2.45) is 5.73 Å². The molecular weight excluding hydrogens is 247 g/mol. The number of hydrogen-bond donors (Lipinski definition) is 2. The Hall–Kier alpha value is -0.320. The highest BCUT2D eigenvalue weighted by Gasteiger charge is 2.21. The van der Waals surface area contributed by atoms with Crippen LogP contribution in [0.4, 0.5) is 0 Å². The topological polar surface area (TPSA) is 49.5 Å². The molecule has 0 radical (unpaired) electrons. The van der Waals surface area contributed by atoms with E-state index in [-0.39, 0.29) is 18.7 Å². The number of hydrogen-bond acceptors (Lipinski definition) is 3. The zero-order valence-corrected chi connectivity index (χ0v) is 10.8.